The number of carbonyl (C=O) groups is 8. The first kappa shape index (κ1) is 69.9. The second-order valence-electron chi connectivity index (χ2n) is 26.6. The zero-order valence-electron chi connectivity index (χ0n) is 58.5. The van der Waals surface area contributed by atoms with Crippen molar-refractivity contribution in [3.8, 4) is 16.5 Å². The Balaban J connectivity index is 0.000000101. The maximum absolute atomic E-state index is 13.0. The van der Waals surface area contributed by atoms with E-state index in [1.54, 1.807) is 91.5 Å². The summed E-state index contributed by atoms with van der Waals surface area (Å²) >= 11 is -1.39. The van der Waals surface area contributed by atoms with E-state index in [0.717, 1.165) is 90.3 Å². The molecule has 0 N–H and O–H groups in total. The van der Waals surface area contributed by atoms with E-state index in [9.17, 15) is 38.4 Å². The maximum atomic E-state index is 13.0. The Morgan fingerprint density at radius 2 is 0.536 bits per heavy atom. The summed E-state index contributed by atoms with van der Waals surface area (Å²) in [6.45, 7) is 0. The van der Waals surface area contributed by atoms with Gasteiger partial charge in [0.25, 0.3) is 0 Å². The molecule has 0 bridgehead atoms. The third kappa shape index (κ3) is 12.7. The number of Topliss-reactive ketones (excluding diaryl/α,β-unsaturated/α-hetero) is 8. The molecule has 16 nitrogen and oxygen atoms in total. The van der Waals surface area contributed by atoms with Gasteiger partial charge in [-0.05, 0) is 0 Å². The fourth-order valence-corrected chi connectivity index (χ4v) is 23.9. The number of allylic oxidation sites excluding steroid dienone is 4. The van der Waals surface area contributed by atoms with Crippen molar-refractivity contribution in [2.45, 2.75) is 0 Å². The molecule has 0 saturated carbocycles. The van der Waals surface area contributed by atoms with Gasteiger partial charge in [0.1, 0.15) is 0 Å². The number of aromatic nitrogens is 8. The number of benzene rings is 6. The second kappa shape index (κ2) is 29.0. The third-order valence-electron chi connectivity index (χ3n) is 20.1. The van der Waals surface area contributed by atoms with Gasteiger partial charge >= 0.3 is 674 Å². The van der Waals surface area contributed by atoms with Crippen LogP contribution in [0.2, 0.25) is 0 Å². The summed E-state index contributed by atoms with van der Waals surface area (Å²) in [6, 6.07) is 69.6. The minimum atomic E-state index is -0.717. The van der Waals surface area contributed by atoms with Gasteiger partial charge in [0.05, 0.1) is 0 Å². The molecule has 12 aromatic heterocycles. The molecule has 6 aromatic carbocycles. The van der Waals surface area contributed by atoms with Crippen molar-refractivity contribution < 1.29 is 38.4 Å². The van der Waals surface area contributed by atoms with Crippen molar-refractivity contribution in [2.24, 2.45) is 0 Å². The van der Waals surface area contributed by atoms with E-state index in [1.807, 2.05) is 165 Å². The SMILES string of the molecule is O=C1C(=Cc2ccc(-n3ccc4ccncc43)[se]2)C(=O)c2cc3ccccc3cc21.O=C1C(=Cc2ccc(-n3ccc4ccncc43)[se]2)C(=O)c2ccccc21.O=C1C(=Cc2ccc(-n3ccc4ccncc43)[te]2)C(=O)c2cc3ccccc3cc21.O=C1C(=Cc2ccc(-n3ccc4ccncc43)[te]2)C(=O)c2ccccc21. The summed E-state index contributed by atoms with van der Waals surface area (Å²) in [6.07, 6.45) is 29.9. The van der Waals surface area contributed by atoms with E-state index in [4.69, 9.17) is 0 Å². The van der Waals surface area contributed by atoms with Crippen LogP contribution >= 0.6 is 0 Å². The summed E-state index contributed by atoms with van der Waals surface area (Å²) in [5, 5.41) is 8.47. The molecule has 0 unspecified atom stereocenters. The molecule has 0 radical (unpaired) electrons. The number of ketones is 8. The number of carbonyl (C=O) groups excluding carboxylic acids is 8. The van der Waals surface area contributed by atoms with Gasteiger partial charge in [-0.3, -0.25) is 0 Å². The number of hydrogen-bond donors (Lipinski definition) is 0. The first-order valence-corrected chi connectivity index (χ1v) is 43.4. The molecular formula is C92H52N8O8Se2Te2. The summed E-state index contributed by atoms with van der Waals surface area (Å²) in [5.74, 6) is -1.37. The average Bonchev–Trinajstić information content (AvgIpc) is 1.61. The molecule has 4 aliphatic rings. The van der Waals surface area contributed by atoms with Gasteiger partial charge in [-0.1, -0.05) is 0 Å². The number of fused-ring (bicyclic) bond motifs is 10. The van der Waals surface area contributed by atoms with Gasteiger partial charge in [0.15, 0.2) is 0 Å². The first-order valence-electron chi connectivity index (χ1n) is 35.4. The van der Waals surface area contributed by atoms with Crippen LogP contribution in [-0.4, -0.2) is 154 Å². The quantitative estimate of drug-likeness (QED) is 0.0791. The van der Waals surface area contributed by atoms with E-state index in [2.05, 4.69) is 99.1 Å². The van der Waals surface area contributed by atoms with Crippen molar-refractivity contribution in [1.82, 2.24) is 38.2 Å². The van der Waals surface area contributed by atoms with Crippen LogP contribution < -0.4 is 0 Å². The predicted octanol–water partition coefficient (Wildman–Crippen LogP) is 16.5. The van der Waals surface area contributed by atoms with Crippen molar-refractivity contribution >= 4 is 206 Å². The minimum absolute atomic E-state index is 0.00512. The van der Waals surface area contributed by atoms with Gasteiger partial charge in [-0.2, -0.15) is 0 Å². The monoisotopic (exact) mass is 1820 g/mol. The molecule has 0 amide bonds. The van der Waals surface area contributed by atoms with E-state index in [1.165, 1.54) is 7.41 Å². The van der Waals surface area contributed by atoms with Crippen molar-refractivity contribution in [2.75, 3.05) is 0 Å². The van der Waals surface area contributed by atoms with Crippen LogP contribution in [-0.2, 0) is 0 Å². The first-order chi connectivity index (χ1) is 54.8. The molecule has 0 aliphatic heterocycles. The van der Waals surface area contributed by atoms with Crippen molar-refractivity contribution in [3.05, 3.63) is 376 Å². The van der Waals surface area contributed by atoms with E-state index >= 15 is 0 Å². The predicted molar refractivity (Wildman–Crippen MR) is 439 cm³/mol. The molecule has 20 heteroatoms. The fourth-order valence-electron chi connectivity index (χ4n) is 14.5. The number of hydrogen-bond acceptors (Lipinski definition) is 12. The summed E-state index contributed by atoms with van der Waals surface area (Å²) in [4.78, 5) is 119. The number of rotatable bonds is 8. The van der Waals surface area contributed by atoms with E-state index < -0.39 is 40.9 Å². The second-order valence-corrected chi connectivity index (χ2v) is 37.5. The van der Waals surface area contributed by atoms with Gasteiger partial charge < -0.3 is 0 Å². The molecule has 18 aromatic rings. The van der Waals surface area contributed by atoms with Crippen LogP contribution in [0.4, 0.5) is 0 Å². The van der Waals surface area contributed by atoms with Crippen LogP contribution in [0, 0.1) is 0 Å². The Labute approximate surface area is 668 Å². The van der Waals surface area contributed by atoms with Gasteiger partial charge in [-0.25, -0.2) is 0 Å². The van der Waals surface area contributed by atoms with Gasteiger partial charge in [-0.15, -0.1) is 0 Å². The third-order valence-corrected chi connectivity index (χ3v) is 30.3. The zero-order valence-corrected chi connectivity index (χ0v) is 66.6. The standard InChI is InChI=1S/C25H14N2O2Se.C25H14N2O2Te.C21H12N2O2Se.C21H12N2O2Te/c2*28-24-19-11-16-3-1-2-4-17(16)12-20(19)25(29)21(24)13-18-5-6-23(30-18)27-10-8-15-7-9-26-14-22(15)27;2*24-20-15-3-1-2-4-16(15)21(25)17(20)11-14-5-6-19(26-14)23-10-8-13-7-9-22-12-18(13)23/h2*1-14H;2*1-12H. The molecule has 0 spiro atoms. The van der Waals surface area contributed by atoms with Crippen LogP contribution in [0.5, 0.6) is 0 Å². The summed E-state index contributed by atoms with van der Waals surface area (Å²) in [7, 11) is 0. The van der Waals surface area contributed by atoms with E-state index in [0.29, 0.717) is 44.5 Å². The van der Waals surface area contributed by atoms with Gasteiger partial charge in [0.2, 0.25) is 0 Å². The molecule has 0 fully saturated rings. The Bertz CT molecular complexity index is 6630. The normalized spacial score (nSPS) is 13.4. The van der Waals surface area contributed by atoms with Crippen LogP contribution in [0.25, 0.3) is 106 Å². The van der Waals surface area contributed by atoms with Crippen molar-refractivity contribution in [3.63, 3.8) is 0 Å². The number of pyridine rings is 4. The molecule has 532 valence electrons. The zero-order chi connectivity index (χ0) is 75.8. The molecular weight excluding hydrogens is 1760 g/mol. The molecule has 12 heterocycles. The average molecular weight is 1810 g/mol. The van der Waals surface area contributed by atoms with Crippen molar-refractivity contribution in [1.29, 1.82) is 0 Å². The molecule has 0 atom stereocenters. The molecule has 22 rings (SSSR count). The Kier molecular flexibility index (Phi) is 18.1. The molecule has 0 saturated heterocycles. The Morgan fingerprint density at radius 3 is 0.857 bits per heavy atom. The molecule has 112 heavy (non-hydrogen) atoms. The Hall–Kier alpha value is -12.5. The Morgan fingerprint density at radius 1 is 0.259 bits per heavy atom. The topological polar surface area (TPSA) is 208 Å². The van der Waals surface area contributed by atoms with Crippen LogP contribution in [0.3, 0.4) is 0 Å². The van der Waals surface area contributed by atoms with Gasteiger partial charge in [0, 0.05) is 0 Å². The summed E-state index contributed by atoms with van der Waals surface area (Å²) in [5.41, 5.74) is 9.45. The summed E-state index contributed by atoms with van der Waals surface area (Å²) < 4.78 is 17.5. The fraction of sp³-hybridized carbons (Fsp3) is 0. The number of nitrogens with zero attached hydrogens (tertiary/aromatic N) is 8. The molecule has 4 aliphatic carbocycles. The van der Waals surface area contributed by atoms with E-state index in [-0.39, 0.29) is 97.6 Å². The van der Waals surface area contributed by atoms with Crippen LogP contribution in [0.1, 0.15) is 98.9 Å². The van der Waals surface area contributed by atoms with Crippen LogP contribution in [0.15, 0.2) is 315 Å².